The first-order valence-electron chi connectivity index (χ1n) is 11.1. The number of anilines is 2. The average molecular weight is 475 g/mol. The molecule has 0 unspecified atom stereocenters. The third kappa shape index (κ3) is 3.88. The second kappa shape index (κ2) is 7.88. The Morgan fingerprint density at radius 2 is 1.88 bits per heavy atom. The minimum Gasteiger partial charge on any atom is -0.493 e. The lowest BCUT2D eigenvalue weighted by Crippen LogP contribution is -2.14. The average Bonchev–Trinajstić information content (AvgIpc) is 3.39. The van der Waals surface area contributed by atoms with Gasteiger partial charge in [0.1, 0.15) is 17.2 Å². The molecule has 0 bridgehead atoms. The number of carbonyl (C=O) groups is 1. The van der Waals surface area contributed by atoms with Crippen molar-refractivity contribution >= 4 is 38.5 Å². The first kappa shape index (κ1) is 20.7. The van der Waals surface area contributed by atoms with E-state index in [1.807, 2.05) is 24.3 Å². The topological polar surface area (TPSA) is 113 Å². The van der Waals surface area contributed by atoms with E-state index in [0.29, 0.717) is 30.2 Å². The molecule has 2 aromatic heterocycles. The third-order valence-corrected chi connectivity index (χ3v) is 7.53. The van der Waals surface area contributed by atoms with Gasteiger partial charge in [0.2, 0.25) is 5.91 Å². The van der Waals surface area contributed by atoms with Crippen LogP contribution in [0.3, 0.4) is 0 Å². The van der Waals surface area contributed by atoms with Crippen molar-refractivity contribution in [2.24, 2.45) is 5.92 Å². The molecule has 2 aromatic carbocycles. The smallest absolute Gasteiger partial charge is 0.261 e. The summed E-state index contributed by atoms with van der Waals surface area (Å²) in [5.74, 6) is 1.30. The van der Waals surface area contributed by atoms with Crippen LogP contribution in [-0.4, -0.2) is 30.9 Å². The van der Waals surface area contributed by atoms with Crippen LogP contribution in [0.4, 0.5) is 11.5 Å². The van der Waals surface area contributed by atoms with Crippen LogP contribution in [0.15, 0.2) is 65.7 Å². The number of fused-ring (bicyclic) bond motifs is 2. The van der Waals surface area contributed by atoms with Gasteiger partial charge in [-0.25, -0.2) is 13.4 Å². The summed E-state index contributed by atoms with van der Waals surface area (Å²) < 4.78 is 33.9. The van der Waals surface area contributed by atoms with Gasteiger partial charge in [-0.15, -0.1) is 0 Å². The number of rotatable bonds is 6. The van der Waals surface area contributed by atoms with Gasteiger partial charge in [-0.2, -0.15) is 0 Å². The van der Waals surface area contributed by atoms with Gasteiger partial charge in [0, 0.05) is 29.6 Å². The van der Waals surface area contributed by atoms with Gasteiger partial charge < -0.3 is 15.0 Å². The number of nitrogens with one attached hydrogen (secondary N) is 3. The maximum Gasteiger partial charge on any atom is 0.261 e. The third-order valence-electron chi connectivity index (χ3n) is 6.15. The van der Waals surface area contributed by atoms with Gasteiger partial charge in [0.15, 0.2) is 0 Å². The monoisotopic (exact) mass is 474 g/mol. The van der Waals surface area contributed by atoms with E-state index in [0.717, 1.165) is 40.7 Å². The predicted octanol–water partition coefficient (Wildman–Crippen LogP) is 4.31. The predicted molar refractivity (Wildman–Crippen MR) is 129 cm³/mol. The van der Waals surface area contributed by atoms with Crippen LogP contribution in [0, 0.1) is 5.92 Å². The fraction of sp³-hybridized carbons (Fsp3) is 0.200. The fourth-order valence-electron chi connectivity index (χ4n) is 4.18. The van der Waals surface area contributed by atoms with Gasteiger partial charge in [-0.05, 0) is 72.0 Å². The highest BCUT2D eigenvalue weighted by Crippen LogP contribution is 2.34. The molecule has 8 nitrogen and oxygen atoms in total. The van der Waals surface area contributed by atoms with Gasteiger partial charge in [0.25, 0.3) is 10.0 Å². The molecule has 1 fully saturated rings. The number of aromatic amines is 1. The van der Waals surface area contributed by atoms with Crippen molar-refractivity contribution in [2.75, 3.05) is 16.6 Å². The van der Waals surface area contributed by atoms with Gasteiger partial charge >= 0.3 is 0 Å². The Morgan fingerprint density at radius 1 is 1.06 bits per heavy atom. The van der Waals surface area contributed by atoms with Gasteiger partial charge in [-0.3, -0.25) is 9.52 Å². The Kier molecular flexibility index (Phi) is 4.80. The van der Waals surface area contributed by atoms with Gasteiger partial charge in [-0.1, -0.05) is 12.1 Å². The van der Waals surface area contributed by atoms with Crippen LogP contribution in [-0.2, 0) is 21.2 Å². The summed E-state index contributed by atoms with van der Waals surface area (Å²) in [7, 11) is -3.73. The number of sulfonamides is 1. The van der Waals surface area contributed by atoms with Crippen molar-refractivity contribution in [3.63, 3.8) is 0 Å². The number of H-pyrrole nitrogens is 1. The van der Waals surface area contributed by atoms with E-state index in [2.05, 4.69) is 20.0 Å². The van der Waals surface area contributed by atoms with Crippen LogP contribution in [0.1, 0.15) is 18.4 Å². The van der Waals surface area contributed by atoms with Gasteiger partial charge in [0.05, 0.1) is 11.5 Å². The fourth-order valence-corrected chi connectivity index (χ4v) is 5.29. The summed E-state index contributed by atoms with van der Waals surface area (Å²) in [4.78, 5) is 20.0. The molecule has 0 atom stereocenters. The highest BCUT2D eigenvalue weighted by Gasteiger charge is 2.30. The number of nitrogens with zero attached hydrogens (tertiary/aromatic N) is 1. The molecule has 1 aliphatic heterocycles. The Hall–Kier alpha value is -3.85. The lowest BCUT2D eigenvalue weighted by atomic mass is 10.0. The molecule has 1 aliphatic carbocycles. The number of benzene rings is 2. The van der Waals surface area contributed by atoms with Crippen LogP contribution in [0.25, 0.3) is 22.2 Å². The van der Waals surface area contributed by atoms with E-state index in [1.54, 1.807) is 36.5 Å². The molecule has 0 saturated heterocycles. The molecule has 4 aromatic rings. The Morgan fingerprint density at radius 3 is 2.68 bits per heavy atom. The minimum absolute atomic E-state index is 0.00720. The zero-order valence-corrected chi connectivity index (χ0v) is 19.0. The van der Waals surface area contributed by atoms with Crippen LogP contribution >= 0.6 is 0 Å². The highest BCUT2D eigenvalue weighted by atomic mass is 32.2. The molecule has 2 aliphatic rings. The van der Waals surface area contributed by atoms with E-state index in [4.69, 9.17) is 4.74 Å². The van der Waals surface area contributed by atoms with E-state index >= 15 is 0 Å². The number of hydrogen-bond acceptors (Lipinski definition) is 5. The number of hydrogen-bond donors (Lipinski definition) is 3. The molecular formula is C25H22N4O4S. The summed E-state index contributed by atoms with van der Waals surface area (Å²) in [5.41, 5.74) is 3.81. The molecule has 0 spiro atoms. The summed E-state index contributed by atoms with van der Waals surface area (Å²) in [6.07, 6.45) is 4.34. The number of amides is 1. The second-order valence-corrected chi connectivity index (χ2v) is 10.3. The molecule has 1 saturated carbocycles. The quantitative estimate of drug-likeness (QED) is 0.385. The number of ether oxygens (including phenoxy) is 1. The Bertz CT molecular complexity index is 1520. The first-order chi connectivity index (χ1) is 16.5. The summed E-state index contributed by atoms with van der Waals surface area (Å²) >= 11 is 0. The van der Waals surface area contributed by atoms with E-state index in [1.165, 1.54) is 0 Å². The first-order valence-corrected chi connectivity index (χ1v) is 12.6. The zero-order valence-electron chi connectivity index (χ0n) is 18.2. The minimum atomic E-state index is -3.73. The molecule has 9 heteroatoms. The summed E-state index contributed by atoms with van der Waals surface area (Å²) in [6, 6.07) is 15.8. The standard InChI is InChI=1S/C25H22N4O4S/c30-25(16-1-2-16)28-23-14-21(20-9-11-26-24(20)27-23)15-3-5-18(6-4-15)29-34(31,32)19-7-8-22-17(13-19)10-12-33-22/h3-9,11,13-14,16,29H,1-2,10,12H2,(H2,26,27,28,30). The number of carbonyl (C=O) groups excluding carboxylic acids is 1. The molecular weight excluding hydrogens is 452 g/mol. The van der Waals surface area contributed by atoms with Crippen molar-refractivity contribution in [2.45, 2.75) is 24.2 Å². The number of pyridine rings is 1. The lowest BCUT2D eigenvalue weighted by molar-refractivity contribution is -0.117. The Labute approximate surface area is 196 Å². The molecule has 3 heterocycles. The van der Waals surface area contributed by atoms with Crippen LogP contribution in [0.5, 0.6) is 5.75 Å². The second-order valence-electron chi connectivity index (χ2n) is 8.61. The van der Waals surface area contributed by atoms with Crippen LogP contribution < -0.4 is 14.8 Å². The maximum atomic E-state index is 12.9. The lowest BCUT2D eigenvalue weighted by Gasteiger charge is -2.11. The van der Waals surface area contributed by atoms with Crippen molar-refractivity contribution in [1.29, 1.82) is 0 Å². The van der Waals surface area contributed by atoms with Crippen molar-refractivity contribution in [1.82, 2.24) is 9.97 Å². The Balaban J connectivity index is 1.27. The normalized spacial score (nSPS) is 15.1. The molecule has 1 amide bonds. The largest absolute Gasteiger partial charge is 0.493 e. The number of aromatic nitrogens is 2. The van der Waals surface area contributed by atoms with Crippen molar-refractivity contribution in [3.05, 3.63) is 66.4 Å². The zero-order chi connectivity index (χ0) is 23.3. The van der Waals surface area contributed by atoms with E-state index < -0.39 is 10.0 Å². The highest BCUT2D eigenvalue weighted by molar-refractivity contribution is 7.92. The van der Waals surface area contributed by atoms with Crippen molar-refractivity contribution in [3.8, 4) is 16.9 Å². The summed E-state index contributed by atoms with van der Waals surface area (Å²) in [6.45, 7) is 0.573. The maximum absolute atomic E-state index is 12.9. The molecule has 3 N–H and O–H groups in total. The molecule has 34 heavy (non-hydrogen) atoms. The van der Waals surface area contributed by atoms with E-state index in [-0.39, 0.29) is 16.7 Å². The van der Waals surface area contributed by atoms with Crippen LogP contribution in [0.2, 0.25) is 0 Å². The molecule has 0 radical (unpaired) electrons. The molecule has 172 valence electrons. The van der Waals surface area contributed by atoms with Crippen molar-refractivity contribution < 1.29 is 17.9 Å². The summed E-state index contributed by atoms with van der Waals surface area (Å²) in [5, 5.41) is 3.82. The van der Waals surface area contributed by atoms with E-state index in [9.17, 15) is 13.2 Å². The molecule has 6 rings (SSSR count). The SMILES string of the molecule is O=C(Nc1cc(-c2ccc(NS(=O)(=O)c3ccc4c(c3)CCO4)cc2)c2cc[nH]c2n1)C1CC1.